The lowest BCUT2D eigenvalue weighted by Crippen LogP contribution is -2.41. The number of carbonyl (C=O) groups is 1. The van der Waals surface area contributed by atoms with Gasteiger partial charge in [0.1, 0.15) is 6.54 Å². The fourth-order valence-electron chi connectivity index (χ4n) is 3.96. The first-order valence-corrected chi connectivity index (χ1v) is 11.7. The topological polar surface area (TPSA) is 67.2 Å². The van der Waals surface area contributed by atoms with Crippen LogP contribution in [0.3, 0.4) is 0 Å². The standard InChI is InChI=1S/C23H28N6OS/c1-27(2)23-24-14-20(17-7-9-19(31-3)10-8-17)22(26-23)18-6-4-12-28(15-18)21(30)16-29-13-5-11-25-29/h5,7-11,13-14,18H,4,6,12,15-16H2,1-3H3/t18-/m1/s1. The molecule has 0 saturated carbocycles. The molecule has 0 bridgehead atoms. The van der Waals surface area contributed by atoms with Gasteiger partial charge in [-0.3, -0.25) is 9.48 Å². The van der Waals surface area contributed by atoms with Crippen LogP contribution in [0, 0.1) is 0 Å². The molecule has 162 valence electrons. The third kappa shape index (κ3) is 4.90. The van der Waals surface area contributed by atoms with Crippen LogP contribution in [0.1, 0.15) is 24.5 Å². The predicted molar refractivity (Wildman–Crippen MR) is 124 cm³/mol. The van der Waals surface area contributed by atoms with E-state index >= 15 is 0 Å². The maximum atomic E-state index is 12.9. The zero-order valence-corrected chi connectivity index (χ0v) is 19.0. The summed E-state index contributed by atoms with van der Waals surface area (Å²) >= 11 is 1.73. The molecule has 1 aliphatic heterocycles. The third-order valence-corrected chi connectivity index (χ3v) is 6.37. The van der Waals surface area contributed by atoms with E-state index < -0.39 is 0 Å². The number of amides is 1. The Kier molecular flexibility index (Phi) is 6.56. The molecule has 7 nitrogen and oxygen atoms in total. The maximum absolute atomic E-state index is 12.9. The van der Waals surface area contributed by atoms with Crippen LogP contribution in [0.5, 0.6) is 0 Å². The number of nitrogens with zero attached hydrogens (tertiary/aromatic N) is 6. The summed E-state index contributed by atoms with van der Waals surface area (Å²) in [7, 11) is 3.90. The highest BCUT2D eigenvalue weighted by molar-refractivity contribution is 7.98. The van der Waals surface area contributed by atoms with Gasteiger partial charge in [0.05, 0.1) is 5.69 Å². The van der Waals surface area contributed by atoms with Crippen molar-refractivity contribution in [2.45, 2.75) is 30.2 Å². The number of rotatable bonds is 6. The van der Waals surface area contributed by atoms with Crippen molar-refractivity contribution in [3.63, 3.8) is 0 Å². The summed E-state index contributed by atoms with van der Waals surface area (Å²) < 4.78 is 1.68. The summed E-state index contributed by atoms with van der Waals surface area (Å²) in [4.78, 5) is 27.5. The molecule has 2 aromatic heterocycles. The number of hydrogen-bond donors (Lipinski definition) is 0. The van der Waals surface area contributed by atoms with E-state index in [4.69, 9.17) is 4.98 Å². The van der Waals surface area contributed by atoms with Crippen LogP contribution in [0.25, 0.3) is 11.1 Å². The molecule has 4 rings (SSSR count). The number of anilines is 1. The maximum Gasteiger partial charge on any atom is 0.244 e. The molecule has 0 N–H and O–H groups in total. The number of benzene rings is 1. The molecule has 1 fully saturated rings. The lowest BCUT2D eigenvalue weighted by Gasteiger charge is -2.33. The van der Waals surface area contributed by atoms with Crippen molar-refractivity contribution in [3.05, 3.63) is 54.6 Å². The number of thioether (sulfide) groups is 1. The van der Waals surface area contributed by atoms with Gasteiger partial charge >= 0.3 is 0 Å². The second-order valence-electron chi connectivity index (χ2n) is 7.97. The first kappa shape index (κ1) is 21.4. The highest BCUT2D eigenvalue weighted by Gasteiger charge is 2.28. The van der Waals surface area contributed by atoms with Crippen LogP contribution in [-0.2, 0) is 11.3 Å². The highest BCUT2D eigenvalue weighted by atomic mass is 32.2. The van der Waals surface area contributed by atoms with E-state index in [0.29, 0.717) is 12.5 Å². The average molecular weight is 437 g/mol. The fourth-order valence-corrected chi connectivity index (χ4v) is 4.37. The monoisotopic (exact) mass is 436 g/mol. The van der Waals surface area contributed by atoms with Gasteiger partial charge in [0, 0.05) is 62.2 Å². The smallest absolute Gasteiger partial charge is 0.244 e. The van der Waals surface area contributed by atoms with Gasteiger partial charge in [-0.2, -0.15) is 5.10 Å². The van der Waals surface area contributed by atoms with Gasteiger partial charge in [0.2, 0.25) is 11.9 Å². The van der Waals surface area contributed by atoms with Gasteiger partial charge in [0.15, 0.2) is 0 Å². The number of piperidine rings is 1. The number of aromatic nitrogens is 4. The zero-order valence-electron chi connectivity index (χ0n) is 18.2. The Bertz CT molecular complexity index is 1020. The minimum Gasteiger partial charge on any atom is -0.347 e. The molecule has 0 spiro atoms. The van der Waals surface area contributed by atoms with Crippen molar-refractivity contribution in [1.82, 2.24) is 24.6 Å². The summed E-state index contributed by atoms with van der Waals surface area (Å²) in [6.07, 6.45) is 9.49. The molecule has 3 aromatic rings. The molecule has 31 heavy (non-hydrogen) atoms. The quantitative estimate of drug-likeness (QED) is 0.551. The van der Waals surface area contributed by atoms with Crippen LogP contribution in [0.15, 0.2) is 53.8 Å². The summed E-state index contributed by atoms with van der Waals surface area (Å²) in [6.45, 7) is 1.72. The Morgan fingerprint density at radius 2 is 2.06 bits per heavy atom. The second-order valence-corrected chi connectivity index (χ2v) is 8.85. The molecule has 0 aliphatic carbocycles. The van der Waals surface area contributed by atoms with Gasteiger partial charge in [-0.1, -0.05) is 12.1 Å². The molecule has 1 aromatic carbocycles. The molecular weight excluding hydrogens is 408 g/mol. The Balaban J connectivity index is 1.62. The largest absolute Gasteiger partial charge is 0.347 e. The van der Waals surface area contributed by atoms with Crippen molar-refractivity contribution >= 4 is 23.6 Å². The molecule has 1 amide bonds. The number of hydrogen-bond acceptors (Lipinski definition) is 6. The van der Waals surface area contributed by atoms with Crippen LogP contribution >= 0.6 is 11.8 Å². The van der Waals surface area contributed by atoms with Gasteiger partial charge < -0.3 is 9.80 Å². The molecule has 8 heteroatoms. The van der Waals surface area contributed by atoms with Crippen LogP contribution in [-0.4, -0.2) is 64.0 Å². The van der Waals surface area contributed by atoms with Crippen LogP contribution in [0.2, 0.25) is 0 Å². The molecule has 1 atom stereocenters. The minimum absolute atomic E-state index is 0.0983. The third-order valence-electron chi connectivity index (χ3n) is 5.62. The van der Waals surface area contributed by atoms with E-state index in [1.807, 2.05) is 42.4 Å². The number of carbonyl (C=O) groups excluding carboxylic acids is 1. The summed E-state index contributed by atoms with van der Waals surface area (Å²) in [6, 6.07) is 10.4. The SMILES string of the molecule is CSc1ccc(-c2cnc(N(C)C)nc2[C@@H]2CCCN(C(=O)Cn3cccn3)C2)cc1. The van der Waals surface area contributed by atoms with Crippen molar-refractivity contribution < 1.29 is 4.79 Å². The van der Waals surface area contributed by atoms with E-state index in [0.717, 1.165) is 36.2 Å². The van der Waals surface area contributed by atoms with Crippen molar-refractivity contribution in [2.75, 3.05) is 38.3 Å². The first-order valence-electron chi connectivity index (χ1n) is 10.5. The fraction of sp³-hybridized carbons (Fsp3) is 0.391. The van der Waals surface area contributed by atoms with Gasteiger partial charge in [-0.05, 0) is 42.9 Å². The van der Waals surface area contributed by atoms with E-state index in [9.17, 15) is 4.79 Å². The Morgan fingerprint density at radius 3 is 2.74 bits per heavy atom. The molecular formula is C23H28N6OS. The van der Waals surface area contributed by atoms with Crippen LogP contribution in [0.4, 0.5) is 5.95 Å². The molecule has 3 heterocycles. The Hall–Kier alpha value is -2.87. The average Bonchev–Trinajstić information content (AvgIpc) is 3.32. The van der Waals surface area contributed by atoms with Gasteiger partial charge in [-0.15, -0.1) is 11.8 Å². The summed E-state index contributed by atoms with van der Waals surface area (Å²) in [5.41, 5.74) is 3.18. The van der Waals surface area contributed by atoms with E-state index in [-0.39, 0.29) is 18.4 Å². The predicted octanol–water partition coefficient (Wildman–Crippen LogP) is 3.53. The Labute approximate surface area is 187 Å². The summed E-state index contributed by atoms with van der Waals surface area (Å²) in [5.74, 6) is 0.966. The molecule has 1 aliphatic rings. The van der Waals surface area contributed by atoms with Crippen molar-refractivity contribution in [3.8, 4) is 11.1 Å². The molecule has 1 saturated heterocycles. The van der Waals surface area contributed by atoms with Crippen LogP contribution < -0.4 is 4.90 Å². The highest BCUT2D eigenvalue weighted by Crippen LogP contribution is 2.34. The lowest BCUT2D eigenvalue weighted by molar-refractivity contribution is -0.133. The number of likely N-dealkylation sites (tertiary alicyclic amines) is 1. The van der Waals surface area contributed by atoms with E-state index in [1.54, 1.807) is 22.6 Å². The zero-order chi connectivity index (χ0) is 21.8. The normalized spacial score (nSPS) is 16.4. The van der Waals surface area contributed by atoms with E-state index in [2.05, 4.69) is 40.6 Å². The molecule has 0 unspecified atom stereocenters. The van der Waals surface area contributed by atoms with Crippen molar-refractivity contribution in [2.24, 2.45) is 0 Å². The minimum atomic E-state index is 0.0983. The van der Waals surface area contributed by atoms with Gasteiger partial charge in [0.25, 0.3) is 0 Å². The lowest BCUT2D eigenvalue weighted by atomic mass is 9.90. The van der Waals surface area contributed by atoms with Crippen molar-refractivity contribution in [1.29, 1.82) is 0 Å². The Morgan fingerprint density at radius 1 is 1.26 bits per heavy atom. The summed E-state index contributed by atoms with van der Waals surface area (Å²) in [5, 5.41) is 4.17. The second kappa shape index (κ2) is 9.51. The molecule has 0 radical (unpaired) electrons. The van der Waals surface area contributed by atoms with Gasteiger partial charge in [-0.25, -0.2) is 9.97 Å². The first-order chi connectivity index (χ1) is 15.0. The van der Waals surface area contributed by atoms with E-state index in [1.165, 1.54) is 4.90 Å².